The van der Waals surface area contributed by atoms with E-state index in [4.69, 9.17) is 11.6 Å². The molecule has 6 nitrogen and oxygen atoms in total. The van der Waals surface area contributed by atoms with Crippen LogP contribution in [0.2, 0.25) is 5.02 Å². The van der Waals surface area contributed by atoms with Gasteiger partial charge in [0.15, 0.2) is 0 Å². The van der Waals surface area contributed by atoms with Crippen molar-refractivity contribution < 1.29 is 31.5 Å². The van der Waals surface area contributed by atoms with Crippen LogP contribution >= 0.6 is 11.6 Å². The second-order valence-corrected chi connectivity index (χ2v) is 14.9. The summed E-state index contributed by atoms with van der Waals surface area (Å²) >= 11 is 6.60. The van der Waals surface area contributed by atoms with Crippen LogP contribution in [0.3, 0.4) is 0 Å². The molecule has 5 aromatic carbocycles. The number of aromatic nitrogens is 1. The van der Waals surface area contributed by atoms with Crippen LogP contribution in [0.5, 0.6) is 0 Å². The van der Waals surface area contributed by atoms with E-state index in [0.717, 1.165) is 57.4 Å². The molecule has 0 amide bonds. The number of benzene rings is 5. The fourth-order valence-electron chi connectivity index (χ4n) is 6.68. The molecule has 0 aliphatic heterocycles. The summed E-state index contributed by atoms with van der Waals surface area (Å²) in [7, 11) is -3.91. The van der Waals surface area contributed by atoms with Crippen LogP contribution in [-0.2, 0) is 41.2 Å². The molecule has 52 heavy (non-hydrogen) atoms. The molecule has 0 saturated heterocycles. The summed E-state index contributed by atoms with van der Waals surface area (Å²) in [6, 6.07) is 36.6. The first-order valence-electron chi connectivity index (χ1n) is 16.8. The molecule has 268 valence electrons. The van der Waals surface area contributed by atoms with Gasteiger partial charge in [0.05, 0.1) is 22.9 Å². The number of aromatic carboxylic acids is 1. The summed E-state index contributed by atoms with van der Waals surface area (Å²) in [6.45, 7) is 0.0486. The summed E-state index contributed by atoms with van der Waals surface area (Å²) in [5.74, 6) is -1.45. The second kappa shape index (κ2) is 15.8. The predicted octanol–water partition coefficient (Wildman–Crippen LogP) is 9.49. The fraction of sp³-hybridized carbons (Fsp3) is 0.195. The van der Waals surface area contributed by atoms with E-state index in [1.165, 1.54) is 12.1 Å². The van der Waals surface area contributed by atoms with Gasteiger partial charge in [-0.05, 0) is 89.5 Å². The summed E-state index contributed by atoms with van der Waals surface area (Å²) < 4.78 is 70.6. The van der Waals surface area contributed by atoms with Crippen molar-refractivity contribution in [3.05, 3.63) is 177 Å². The minimum Gasteiger partial charge on any atom is -0.478 e. The van der Waals surface area contributed by atoms with Crippen LogP contribution in [0.15, 0.2) is 127 Å². The quantitative estimate of drug-likeness (QED) is 0.116. The highest BCUT2D eigenvalue weighted by Crippen LogP contribution is 2.38. The van der Waals surface area contributed by atoms with Gasteiger partial charge in [0.1, 0.15) is 0 Å². The molecule has 0 radical (unpaired) electrons. The molecular formula is C41H36ClF3N2O4S. The van der Waals surface area contributed by atoms with Gasteiger partial charge in [-0.3, -0.25) is 0 Å². The van der Waals surface area contributed by atoms with Gasteiger partial charge in [-0.25, -0.2) is 17.9 Å². The smallest absolute Gasteiger partial charge is 0.416 e. The molecule has 0 fully saturated rings. The number of sulfonamides is 1. The van der Waals surface area contributed by atoms with Gasteiger partial charge in [0.25, 0.3) is 0 Å². The monoisotopic (exact) mass is 744 g/mol. The number of nitrogens with one attached hydrogen (secondary N) is 1. The highest BCUT2D eigenvalue weighted by Gasteiger charge is 2.30. The van der Waals surface area contributed by atoms with Crippen LogP contribution < -0.4 is 4.72 Å². The number of carboxylic acid groups (broad SMARTS) is 1. The summed E-state index contributed by atoms with van der Waals surface area (Å²) in [4.78, 5) is 11.4. The highest BCUT2D eigenvalue weighted by molar-refractivity contribution is 7.88. The molecule has 1 heterocycles. The van der Waals surface area contributed by atoms with Crippen molar-refractivity contribution in [3.8, 4) is 0 Å². The molecule has 6 aromatic rings. The van der Waals surface area contributed by atoms with Gasteiger partial charge >= 0.3 is 12.1 Å². The lowest BCUT2D eigenvalue weighted by molar-refractivity contribution is -0.137. The molecule has 0 atom stereocenters. The molecule has 0 saturated carbocycles. The molecule has 2 N–H and O–H groups in total. The average molecular weight is 745 g/mol. The maximum absolute atomic E-state index is 13.2. The molecule has 0 aliphatic rings. The van der Waals surface area contributed by atoms with E-state index in [9.17, 15) is 31.5 Å². The first-order chi connectivity index (χ1) is 24.9. The van der Waals surface area contributed by atoms with Crippen molar-refractivity contribution in [2.75, 3.05) is 6.54 Å². The SMILES string of the molecule is O=C(O)c1ccc(CCCc2c(CCNS(=O)(=O)Cc3ccc(C(F)(F)F)cc3)n(C(c3ccccc3)c3ccccc3)c3ccc(Cl)cc23)cc1. The number of carboxylic acids is 1. The first kappa shape index (κ1) is 36.9. The molecule has 11 heteroatoms. The number of hydrogen-bond donors (Lipinski definition) is 2. The number of rotatable bonds is 14. The van der Waals surface area contributed by atoms with E-state index in [1.54, 1.807) is 12.1 Å². The average Bonchev–Trinajstić information content (AvgIpc) is 3.40. The molecule has 0 bridgehead atoms. The summed E-state index contributed by atoms with van der Waals surface area (Å²) in [5, 5.41) is 10.8. The molecule has 1 aromatic heterocycles. The Balaban J connectivity index is 1.37. The zero-order chi connectivity index (χ0) is 36.9. The van der Waals surface area contributed by atoms with Crippen molar-refractivity contribution >= 4 is 38.5 Å². The van der Waals surface area contributed by atoms with Crippen LogP contribution in [0.25, 0.3) is 10.9 Å². The number of alkyl halides is 3. The van der Waals surface area contributed by atoms with Crippen molar-refractivity contribution in [3.63, 3.8) is 0 Å². The Morgan fingerprint density at radius 1 is 0.769 bits per heavy atom. The Morgan fingerprint density at radius 3 is 1.94 bits per heavy atom. The van der Waals surface area contributed by atoms with E-state index < -0.39 is 33.5 Å². The Bertz CT molecular complexity index is 2220. The lowest BCUT2D eigenvalue weighted by atomic mass is 9.97. The summed E-state index contributed by atoms with van der Waals surface area (Å²) in [5.41, 5.74) is 5.58. The number of halogens is 4. The van der Waals surface area contributed by atoms with Gasteiger partial charge < -0.3 is 9.67 Å². The minimum absolute atomic E-state index is 0.0486. The Morgan fingerprint density at radius 2 is 1.37 bits per heavy atom. The lowest BCUT2D eigenvalue weighted by Crippen LogP contribution is -2.28. The van der Waals surface area contributed by atoms with Gasteiger partial charge in [-0.15, -0.1) is 0 Å². The normalized spacial score (nSPS) is 12.1. The van der Waals surface area contributed by atoms with Crippen molar-refractivity contribution in [1.29, 1.82) is 0 Å². The standard InChI is InChI=1S/C41H36ClF3N2O4S/c42-34-22-23-37-36(26-34)35(13-7-8-28-14-18-32(19-15-28)40(48)49)38(47(37)39(30-9-3-1-4-10-30)31-11-5-2-6-12-31)24-25-46-52(50,51)27-29-16-20-33(21-17-29)41(43,44)45/h1-6,9-12,14-23,26,39,46H,7-8,13,24-25,27H2,(H,48,49). The fourth-order valence-corrected chi connectivity index (χ4v) is 8.00. The third-order valence-corrected chi connectivity index (χ3v) is 10.7. The zero-order valence-corrected chi connectivity index (χ0v) is 29.6. The van der Waals surface area contributed by atoms with Gasteiger partial charge in [-0.1, -0.05) is 96.5 Å². The van der Waals surface area contributed by atoms with Crippen molar-refractivity contribution in [2.45, 2.75) is 43.7 Å². The van der Waals surface area contributed by atoms with Crippen molar-refractivity contribution in [2.24, 2.45) is 0 Å². The number of aryl methyl sites for hydroxylation is 2. The van der Waals surface area contributed by atoms with E-state index in [-0.39, 0.29) is 23.7 Å². The summed E-state index contributed by atoms with van der Waals surface area (Å²) in [6.07, 6.45) is -2.15. The van der Waals surface area contributed by atoms with Gasteiger partial charge in [0.2, 0.25) is 10.0 Å². The molecule has 6 rings (SSSR count). The molecular weight excluding hydrogens is 709 g/mol. The first-order valence-corrected chi connectivity index (χ1v) is 18.8. The Labute approximate surface area is 305 Å². The van der Waals surface area contributed by atoms with Crippen LogP contribution in [-0.4, -0.2) is 30.6 Å². The zero-order valence-electron chi connectivity index (χ0n) is 28.0. The molecule has 0 aliphatic carbocycles. The van der Waals surface area contributed by atoms with Gasteiger partial charge in [0, 0.05) is 34.6 Å². The van der Waals surface area contributed by atoms with Crippen molar-refractivity contribution in [1.82, 2.24) is 9.29 Å². The van der Waals surface area contributed by atoms with E-state index >= 15 is 0 Å². The maximum atomic E-state index is 13.2. The minimum atomic E-state index is -4.52. The molecule has 0 unspecified atom stereocenters. The van der Waals surface area contributed by atoms with E-state index in [0.29, 0.717) is 24.3 Å². The Kier molecular flexibility index (Phi) is 11.2. The third-order valence-electron chi connectivity index (χ3n) is 9.09. The predicted molar refractivity (Wildman–Crippen MR) is 198 cm³/mol. The van der Waals surface area contributed by atoms with Crippen LogP contribution in [0.1, 0.15) is 61.9 Å². The topological polar surface area (TPSA) is 88.4 Å². The maximum Gasteiger partial charge on any atom is 0.416 e. The van der Waals surface area contributed by atoms with Crippen LogP contribution in [0, 0.1) is 0 Å². The Hall–Kier alpha value is -4.90. The third kappa shape index (κ3) is 8.75. The number of fused-ring (bicyclic) bond motifs is 1. The number of nitrogens with zero attached hydrogens (tertiary/aromatic N) is 1. The van der Waals surface area contributed by atoms with Crippen LogP contribution in [0.4, 0.5) is 13.2 Å². The lowest BCUT2D eigenvalue weighted by Gasteiger charge is -2.25. The van der Waals surface area contributed by atoms with Gasteiger partial charge in [-0.2, -0.15) is 13.2 Å². The molecule has 0 spiro atoms. The van der Waals surface area contributed by atoms with E-state index in [2.05, 4.69) is 33.6 Å². The highest BCUT2D eigenvalue weighted by atomic mass is 35.5. The number of carbonyl (C=O) groups is 1. The van der Waals surface area contributed by atoms with E-state index in [1.807, 2.05) is 66.7 Å². The number of hydrogen-bond acceptors (Lipinski definition) is 3. The largest absolute Gasteiger partial charge is 0.478 e. The second-order valence-electron chi connectivity index (χ2n) is 12.6.